The molecule has 3 N–H and O–H groups in total. The van der Waals surface area contributed by atoms with Gasteiger partial charge in [0.1, 0.15) is 5.75 Å². The Labute approximate surface area is 170 Å². The van der Waals surface area contributed by atoms with Crippen LogP contribution in [0.4, 0.5) is 11.4 Å². The topological polar surface area (TPSA) is 71.9 Å². The van der Waals surface area contributed by atoms with Crippen LogP contribution in [0.5, 0.6) is 5.75 Å². The standard InChI is InChI=1S/C21H26ClN3O3/c1-14(2)16-7-5-6-8-17(16)23-20(26)12-25(3)13-21(27)24-18-11-15(22)9-10-19(18)28-4/h5-11,14H,12-13H2,1-4H3,(H,23,26)(H,24,27)/p+1. The number of halogens is 1. The number of hydrogen-bond donors (Lipinski definition) is 3. The molecule has 0 radical (unpaired) electrons. The number of carbonyl (C=O) groups is 2. The van der Waals surface area contributed by atoms with Crippen molar-refractivity contribution in [2.24, 2.45) is 0 Å². The molecular weight excluding hydrogens is 378 g/mol. The molecule has 150 valence electrons. The molecule has 1 unspecified atom stereocenters. The van der Waals surface area contributed by atoms with Crippen molar-refractivity contribution in [3.8, 4) is 5.75 Å². The maximum absolute atomic E-state index is 12.4. The van der Waals surface area contributed by atoms with E-state index in [1.54, 1.807) is 25.2 Å². The minimum absolute atomic E-state index is 0.134. The first-order chi connectivity index (χ1) is 13.3. The number of amides is 2. The van der Waals surface area contributed by atoms with Crippen LogP contribution in [0.2, 0.25) is 5.02 Å². The van der Waals surface area contributed by atoms with Crippen molar-refractivity contribution in [3.63, 3.8) is 0 Å². The number of rotatable bonds is 8. The van der Waals surface area contributed by atoms with Gasteiger partial charge in [-0.15, -0.1) is 0 Å². The fourth-order valence-corrected chi connectivity index (χ4v) is 3.06. The lowest BCUT2D eigenvalue weighted by Crippen LogP contribution is -3.11. The molecule has 6 nitrogen and oxygen atoms in total. The van der Waals surface area contributed by atoms with Gasteiger partial charge in [0.15, 0.2) is 13.1 Å². The molecular formula is C21H27ClN3O3+. The predicted octanol–water partition coefficient (Wildman–Crippen LogP) is 2.56. The summed E-state index contributed by atoms with van der Waals surface area (Å²) in [6.07, 6.45) is 0. The summed E-state index contributed by atoms with van der Waals surface area (Å²) in [5, 5.41) is 6.22. The molecule has 0 aliphatic rings. The normalized spacial score (nSPS) is 11.8. The summed E-state index contributed by atoms with van der Waals surface area (Å²) in [4.78, 5) is 25.5. The summed E-state index contributed by atoms with van der Waals surface area (Å²) in [5.41, 5.74) is 2.39. The Morgan fingerprint density at radius 1 is 1.04 bits per heavy atom. The number of anilines is 2. The number of quaternary nitrogens is 1. The number of para-hydroxylation sites is 1. The van der Waals surface area contributed by atoms with Gasteiger partial charge in [-0.1, -0.05) is 43.6 Å². The van der Waals surface area contributed by atoms with E-state index in [1.165, 1.54) is 7.11 Å². The number of likely N-dealkylation sites (N-methyl/N-ethyl adjacent to an activating group) is 1. The molecule has 1 atom stereocenters. The molecule has 0 aliphatic heterocycles. The Balaban J connectivity index is 1.91. The molecule has 0 aliphatic carbocycles. The van der Waals surface area contributed by atoms with Gasteiger partial charge in [0.25, 0.3) is 11.8 Å². The second kappa shape index (κ2) is 10.1. The van der Waals surface area contributed by atoms with Gasteiger partial charge < -0.3 is 20.3 Å². The molecule has 2 amide bonds. The Morgan fingerprint density at radius 2 is 1.64 bits per heavy atom. The molecule has 0 aromatic heterocycles. The van der Waals surface area contributed by atoms with E-state index in [0.29, 0.717) is 22.4 Å². The SMILES string of the molecule is COc1ccc(Cl)cc1NC(=O)C[NH+](C)CC(=O)Nc1ccccc1C(C)C. The average molecular weight is 405 g/mol. The Bertz CT molecular complexity index is 839. The number of nitrogens with one attached hydrogen (secondary N) is 3. The van der Waals surface area contributed by atoms with Crippen molar-refractivity contribution in [2.75, 3.05) is 37.9 Å². The monoisotopic (exact) mass is 404 g/mol. The summed E-state index contributed by atoms with van der Waals surface area (Å²) in [6.45, 7) is 4.47. The van der Waals surface area contributed by atoms with Crippen molar-refractivity contribution < 1.29 is 19.2 Å². The summed E-state index contributed by atoms with van der Waals surface area (Å²) < 4.78 is 5.22. The minimum Gasteiger partial charge on any atom is -0.495 e. The van der Waals surface area contributed by atoms with Crippen LogP contribution in [-0.2, 0) is 9.59 Å². The highest BCUT2D eigenvalue weighted by Gasteiger charge is 2.17. The van der Waals surface area contributed by atoms with Crippen LogP contribution in [0.25, 0.3) is 0 Å². The van der Waals surface area contributed by atoms with Crippen LogP contribution in [0.3, 0.4) is 0 Å². The van der Waals surface area contributed by atoms with Crippen molar-refractivity contribution in [1.29, 1.82) is 0 Å². The van der Waals surface area contributed by atoms with Crippen molar-refractivity contribution >= 4 is 34.8 Å². The summed E-state index contributed by atoms with van der Waals surface area (Å²) in [7, 11) is 3.32. The van der Waals surface area contributed by atoms with Gasteiger partial charge in [0.2, 0.25) is 0 Å². The van der Waals surface area contributed by atoms with Gasteiger partial charge in [-0.25, -0.2) is 0 Å². The van der Waals surface area contributed by atoms with Crippen LogP contribution in [0.15, 0.2) is 42.5 Å². The zero-order valence-corrected chi connectivity index (χ0v) is 17.4. The van der Waals surface area contributed by atoms with Crippen molar-refractivity contribution in [2.45, 2.75) is 19.8 Å². The number of methoxy groups -OCH3 is 1. The highest BCUT2D eigenvalue weighted by atomic mass is 35.5. The fraction of sp³-hybridized carbons (Fsp3) is 0.333. The van der Waals surface area contributed by atoms with Crippen LogP contribution in [0, 0.1) is 0 Å². The van der Waals surface area contributed by atoms with Gasteiger partial charge >= 0.3 is 0 Å². The van der Waals surface area contributed by atoms with E-state index in [0.717, 1.165) is 16.2 Å². The lowest BCUT2D eigenvalue weighted by Gasteiger charge is -2.17. The Kier molecular flexibility index (Phi) is 7.84. The van der Waals surface area contributed by atoms with Gasteiger partial charge in [-0.05, 0) is 35.7 Å². The largest absolute Gasteiger partial charge is 0.495 e. The molecule has 0 bridgehead atoms. The van der Waals surface area contributed by atoms with E-state index in [4.69, 9.17) is 16.3 Å². The molecule has 2 aromatic rings. The van der Waals surface area contributed by atoms with E-state index >= 15 is 0 Å². The van der Waals surface area contributed by atoms with Crippen LogP contribution in [-0.4, -0.2) is 39.1 Å². The van der Waals surface area contributed by atoms with Crippen LogP contribution in [0.1, 0.15) is 25.3 Å². The minimum atomic E-state index is -0.228. The second-order valence-electron chi connectivity index (χ2n) is 6.99. The first kappa shape index (κ1) is 21.7. The van der Waals surface area contributed by atoms with E-state index in [1.807, 2.05) is 24.3 Å². The molecule has 2 aromatic carbocycles. The highest BCUT2D eigenvalue weighted by Crippen LogP contribution is 2.27. The molecule has 0 saturated carbocycles. The Morgan fingerprint density at radius 3 is 2.25 bits per heavy atom. The van der Waals surface area contributed by atoms with Crippen LogP contribution < -0.4 is 20.3 Å². The molecule has 7 heteroatoms. The fourth-order valence-electron chi connectivity index (χ4n) is 2.89. The van der Waals surface area contributed by atoms with E-state index in [-0.39, 0.29) is 24.9 Å². The molecule has 0 fully saturated rings. The maximum Gasteiger partial charge on any atom is 0.279 e. The number of carbonyl (C=O) groups excluding carboxylic acids is 2. The molecule has 0 spiro atoms. The van der Waals surface area contributed by atoms with E-state index in [9.17, 15) is 9.59 Å². The third-order valence-corrected chi connectivity index (χ3v) is 4.45. The van der Waals surface area contributed by atoms with Gasteiger partial charge in [-0.2, -0.15) is 0 Å². The number of benzene rings is 2. The summed E-state index contributed by atoms with van der Waals surface area (Å²) >= 11 is 5.98. The zero-order chi connectivity index (χ0) is 20.7. The van der Waals surface area contributed by atoms with Crippen molar-refractivity contribution in [3.05, 3.63) is 53.1 Å². The van der Waals surface area contributed by atoms with Crippen LogP contribution >= 0.6 is 11.6 Å². The van der Waals surface area contributed by atoms with Gasteiger partial charge in [0.05, 0.1) is 19.8 Å². The Hall–Kier alpha value is -2.57. The third-order valence-electron chi connectivity index (χ3n) is 4.22. The zero-order valence-electron chi connectivity index (χ0n) is 16.6. The molecule has 0 heterocycles. The third kappa shape index (κ3) is 6.25. The summed E-state index contributed by atoms with van der Waals surface area (Å²) in [5.74, 6) is 0.464. The second-order valence-corrected chi connectivity index (χ2v) is 7.43. The van der Waals surface area contributed by atoms with Gasteiger partial charge in [-0.3, -0.25) is 9.59 Å². The van der Waals surface area contributed by atoms with E-state index in [2.05, 4.69) is 24.5 Å². The first-order valence-electron chi connectivity index (χ1n) is 9.13. The highest BCUT2D eigenvalue weighted by molar-refractivity contribution is 6.31. The van der Waals surface area contributed by atoms with Crippen molar-refractivity contribution in [1.82, 2.24) is 0 Å². The maximum atomic E-state index is 12.4. The van der Waals surface area contributed by atoms with E-state index < -0.39 is 0 Å². The lowest BCUT2D eigenvalue weighted by molar-refractivity contribution is -0.862. The molecule has 28 heavy (non-hydrogen) atoms. The quantitative estimate of drug-likeness (QED) is 0.633. The predicted molar refractivity (Wildman–Crippen MR) is 112 cm³/mol. The van der Waals surface area contributed by atoms with Gasteiger partial charge in [0, 0.05) is 10.7 Å². The molecule has 2 rings (SSSR count). The lowest BCUT2D eigenvalue weighted by atomic mass is 10.0. The number of hydrogen-bond acceptors (Lipinski definition) is 3. The smallest absolute Gasteiger partial charge is 0.279 e. The molecule has 0 saturated heterocycles. The summed E-state index contributed by atoms with van der Waals surface area (Å²) in [6, 6.07) is 12.7. The first-order valence-corrected chi connectivity index (χ1v) is 9.51. The average Bonchev–Trinajstić information content (AvgIpc) is 2.61. The number of ether oxygens (including phenoxy) is 1.